The molecule has 1 aliphatic rings. The Labute approximate surface area is 152 Å². The van der Waals surface area contributed by atoms with Crippen molar-refractivity contribution in [2.45, 2.75) is 0 Å². The van der Waals surface area contributed by atoms with Crippen LogP contribution >= 0.6 is 23.1 Å². The molecule has 0 saturated carbocycles. The predicted octanol–water partition coefficient (Wildman–Crippen LogP) is 3.15. The Morgan fingerprint density at radius 2 is 2.08 bits per heavy atom. The van der Waals surface area contributed by atoms with Crippen LogP contribution < -0.4 is 5.32 Å². The van der Waals surface area contributed by atoms with Crippen molar-refractivity contribution in [1.29, 1.82) is 0 Å². The SMILES string of the molecule is O=C1CS/C(=N\N=C/c2cn(-c3ccccc3)nc2-c2cccs2)N1. The lowest BCUT2D eigenvalue weighted by atomic mass is 10.2. The van der Waals surface area contributed by atoms with Crippen LogP contribution in [-0.2, 0) is 4.79 Å². The van der Waals surface area contributed by atoms with E-state index in [0.29, 0.717) is 10.9 Å². The van der Waals surface area contributed by atoms with Gasteiger partial charge in [0.15, 0.2) is 5.17 Å². The van der Waals surface area contributed by atoms with E-state index in [2.05, 4.69) is 15.5 Å². The van der Waals surface area contributed by atoms with E-state index in [4.69, 9.17) is 5.10 Å². The molecule has 0 aliphatic carbocycles. The number of thiophene rings is 1. The molecule has 25 heavy (non-hydrogen) atoms. The summed E-state index contributed by atoms with van der Waals surface area (Å²) < 4.78 is 1.83. The third-order valence-electron chi connectivity index (χ3n) is 3.45. The van der Waals surface area contributed by atoms with Gasteiger partial charge in [-0.3, -0.25) is 4.79 Å². The number of hydrogen-bond acceptors (Lipinski definition) is 6. The van der Waals surface area contributed by atoms with Crippen LogP contribution in [0.4, 0.5) is 0 Å². The van der Waals surface area contributed by atoms with Crippen molar-refractivity contribution in [3.63, 3.8) is 0 Å². The quantitative estimate of drug-likeness (QED) is 0.569. The van der Waals surface area contributed by atoms with Crippen LogP contribution in [0.3, 0.4) is 0 Å². The van der Waals surface area contributed by atoms with E-state index in [9.17, 15) is 4.79 Å². The first-order valence-electron chi connectivity index (χ1n) is 7.52. The van der Waals surface area contributed by atoms with Gasteiger partial charge in [-0.25, -0.2) is 4.68 Å². The van der Waals surface area contributed by atoms with E-state index < -0.39 is 0 Å². The molecular weight excluding hydrogens is 354 g/mol. The Balaban J connectivity index is 1.68. The fraction of sp³-hybridized carbons (Fsp3) is 0.0588. The maximum absolute atomic E-state index is 11.2. The smallest absolute Gasteiger partial charge is 0.236 e. The molecule has 1 saturated heterocycles. The standard InChI is InChI=1S/C17H13N5OS2/c23-15-11-25-17(19-15)20-18-9-12-10-22(13-5-2-1-3-6-13)21-16(12)14-7-4-8-24-14/h1-10H,11H2,(H,19,20,23)/b18-9-. The molecule has 1 fully saturated rings. The van der Waals surface area contributed by atoms with Crippen LogP contribution in [0.5, 0.6) is 0 Å². The van der Waals surface area contributed by atoms with Gasteiger partial charge in [-0.05, 0) is 23.6 Å². The van der Waals surface area contributed by atoms with E-state index in [1.165, 1.54) is 11.8 Å². The number of nitrogens with one attached hydrogen (secondary N) is 1. The number of carbonyl (C=O) groups is 1. The number of benzene rings is 1. The van der Waals surface area contributed by atoms with Crippen LogP contribution in [0.25, 0.3) is 16.3 Å². The highest BCUT2D eigenvalue weighted by Crippen LogP contribution is 2.26. The first-order valence-corrected chi connectivity index (χ1v) is 9.39. The summed E-state index contributed by atoms with van der Waals surface area (Å²) >= 11 is 2.97. The van der Waals surface area contributed by atoms with Crippen molar-refractivity contribution in [3.05, 3.63) is 59.6 Å². The van der Waals surface area contributed by atoms with Gasteiger partial charge in [0.05, 0.1) is 22.5 Å². The molecule has 3 heterocycles. The van der Waals surface area contributed by atoms with Crippen molar-refractivity contribution >= 4 is 40.4 Å². The Hall–Kier alpha value is -2.71. The average Bonchev–Trinajstić information content (AvgIpc) is 3.36. The molecule has 3 aromatic rings. The number of carbonyl (C=O) groups excluding carboxylic acids is 1. The monoisotopic (exact) mass is 367 g/mol. The van der Waals surface area contributed by atoms with E-state index in [1.54, 1.807) is 17.6 Å². The summed E-state index contributed by atoms with van der Waals surface area (Å²) in [5, 5.41) is 18.1. The van der Waals surface area contributed by atoms with E-state index in [1.807, 2.05) is 58.7 Å². The van der Waals surface area contributed by atoms with E-state index in [-0.39, 0.29) is 5.91 Å². The largest absolute Gasteiger partial charge is 0.303 e. The van der Waals surface area contributed by atoms with Crippen LogP contribution in [0, 0.1) is 0 Å². The van der Waals surface area contributed by atoms with Gasteiger partial charge in [0.1, 0.15) is 5.69 Å². The number of nitrogens with zero attached hydrogens (tertiary/aromatic N) is 4. The van der Waals surface area contributed by atoms with Gasteiger partial charge in [0.25, 0.3) is 0 Å². The molecule has 1 N–H and O–H groups in total. The number of rotatable bonds is 4. The highest BCUT2D eigenvalue weighted by molar-refractivity contribution is 8.15. The molecule has 8 heteroatoms. The van der Waals surface area contributed by atoms with Crippen molar-refractivity contribution in [2.24, 2.45) is 10.2 Å². The Morgan fingerprint density at radius 3 is 2.80 bits per heavy atom. The van der Waals surface area contributed by atoms with Crippen LogP contribution in [0.15, 0.2) is 64.2 Å². The maximum Gasteiger partial charge on any atom is 0.236 e. The number of amidine groups is 1. The predicted molar refractivity (Wildman–Crippen MR) is 103 cm³/mol. The van der Waals surface area contributed by atoms with Crippen molar-refractivity contribution in [1.82, 2.24) is 15.1 Å². The summed E-state index contributed by atoms with van der Waals surface area (Å²) in [5.74, 6) is 0.343. The lowest BCUT2D eigenvalue weighted by Crippen LogP contribution is -2.19. The summed E-state index contributed by atoms with van der Waals surface area (Å²) in [5.41, 5.74) is 2.70. The minimum atomic E-state index is -0.0462. The lowest BCUT2D eigenvalue weighted by Gasteiger charge is -1.98. The van der Waals surface area contributed by atoms with Crippen molar-refractivity contribution in [2.75, 3.05) is 5.75 Å². The van der Waals surface area contributed by atoms with Crippen molar-refractivity contribution in [3.8, 4) is 16.3 Å². The molecule has 1 aromatic carbocycles. The summed E-state index contributed by atoms with van der Waals surface area (Å²) in [4.78, 5) is 12.2. The molecule has 0 spiro atoms. The molecule has 2 aromatic heterocycles. The number of para-hydroxylation sites is 1. The van der Waals surface area contributed by atoms with Crippen LogP contribution in [-0.4, -0.2) is 32.8 Å². The third-order valence-corrected chi connectivity index (χ3v) is 5.19. The molecule has 0 bridgehead atoms. The second-order valence-electron chi connectivity index (χ2n) is 5.18. The Bertz CT molecular complexity index is 945. The number of amides is 1. The zero-order chi connectivity index (χ0) is 17.1. The summed E-state index contributed by atoms with van der Waals surface area (Å²) in [6.45, 7) is 0. The molecule has 4 rings (SSSR count). The normalized spacial score (nSPS) is 16.0. The van der Waals surface area contributed by atoms with E-state index in [0.717, 1.165) is 21.8 Å². The van der Waals surface area contributed by atoms with Gasteiger partial charge in [0.2, 0.25) is 5.91 Å². The molecule has 1 amide bonds. The molecule has 1 aliphatic heterocycles. The highest BCUT2D eigenvalue weighted by atomic mass is 32.2. The Kier molecular flexibility index (Phi) is 4.45. The molecule has 0 atom stereocenters. The van der Waals surface area contributed by atoms with Crippen molar-refractivity contribution < 1.29 is 4.79 Å². The molecule has 0 radical (unpaired) electrons. The number of hydrogen-bond donors (Lipinski definition) is 1. The van der Waals surface area contributed by atoms with Crippen LogP contribution in [0.1, 0.15) is 5.56 Å². The van der Waals surface area contributed by atoms with Gasteiger partial charge in [-0.1, -0.05) is 36.0 Å². The zero-order valence-electron chi connectivity index (χ0n) is 13.0. The van der Waals surface area contributed by atoms with Gasteiger partial charge < -0.3 is 5.32 Å². The second-order valence-corrected chi connectivity index (χ2v) is 7.09. The molecular formula is C17H13N5OS2. The van der Waals surface area contributed by atoms with Gasteiger partial charge in [-0.15, -0.1) is 16.4 Å². The fourth-order valence-corrected chi connectivity index (χ4v) is 3.68. The minimum absolute atomic E-state index is 0.0462. The second kappa shape index (κ2) is 7.04. The summed E-state index contributed by atoms with van der Waals surface area (Å²) in [6.07, 6.45) is 3.59. The molecule has 0 unspecified atom stereocenters. The zero-order valence-corrected chi connectivity index (χ0v) is 14.6. The Morgan fingerprint density at radius 1 is 1.20 bits per heavy atom. The maximum atomic E-state index is 11.2. The summed E-state index contributed by atoms with van der Waals surface area (Å²) in [7, 11) is 0. The third kappa shape index (κ3) is 3.54. The first kappa shape index (κ1) is 15.8. The number of aromatic nitrogens is 2. The summed E-state index contributed by atoms with van der Waals surface area (Å²) in [6, 6.07) is 13.9. The van der Waals surface area contributed by atoms with Crippen LogP contribution in [0.2, 0.25) is 0 Å². The minimum Gasteiger partial charge on any atom is -0.303 e. The lowest BCUT2D eigenvalue weighted by molar-refractivity contribution is -0.116. The van der Waals surface area contributed by atoms with Gasteiger partial charge >= 0.3 is 0 Å². The van der Waals surface area contributed by atoms with E-state index >= 15 is 0 Å². The number of thioether (sulfide) groups is 1. The fourth-order valence-electron chi connectivity index (χ4n) is 2.32. The van der Waals surface area contributed by atoms with Gasteiger partial charge in [0, 0.05) is 11.8 Å². The topological polar surface area (TPSA) is 71.6 Å². The highest BCUT2D eigenvalue weighted by Gasteiger charge is 2.16. The first-order chi connectivity index (χ1) is 12.3. The molecule has 124 valence electrons. The van der Waals surface area contributed by atoms with Gasteiger partial charge in [-0.2, -0.15) is 10.2 Å². The average molecular weight is 367 g/mol. The molecule has 6 nitrogen and oxygen atoms in total.